The van der Waals surface area contributed by atoms with Gasteiger partial charge in [-0.3, -0.25) is 5.41 Å². The molecule has 2 heterocycles. The van der Waals surface area contributed by atoms with Crippen LogP contribution in [-0.4, -0.2) is 27.5 Å². The molecule has 1 aromatic heterocycles. The van der Waals surface area contributed by atoms with Gasteiger partial charge in [0.15, 0.2) is 0 Å². The molecule has 4 rings (SSSR count). The van der Waals surface area contributed by atoms with Crippen LogP contribution in [0, 0.1) is 12.3 Å². The molecular weight excluding hydrogens is 357 g/mol. The van der Waals surface area contributed by atoms with Crippen molar-refractivity contribution in [1.82, 2.24) is 9.97 Å². The zero-order chi connectivity index (χ0) is 19.3. The van der Waals surface area contributed by atoms with Gasteiger partial charge >= 0.3 is 6.18 Å². The van der Waals surface area contributed by atoms with Gasteiger partial charge in [0, 0.05) is 5.69 Å². The summed E-state index contributed by atoms with van der Waals surface area (Å²) in [6.45, 7) is 1.94. The third-order valence-electron chi connectivity index (χ3n) is 4.48. The van der Waals surface area contributed by atoms with E-state index < -0.39 is 11.7 Å². The molecule has 8 heteroatoms. The molecule has 0 radical (unpaired) electrons. The maximum Gasteiger partial charge on any atom is 0.416 e. The number of aliphatic hydroxyl groups is 1. The monoisotopic (exact) mass is 372 g/mol. The van der Waals surface area contributed by atoms with Crippen molar-refractivity contribution in [3.63, 3.8) is 0 Å². The highest BCUT2D eigenvalue weighted by Gasteiger charge is 2.33. The molecule has 0 amide bonds. The van der Waals surface area contributed by atoms with Gasteiger partial charge in [-0.1, -0.05) is 6.07 Å². The van der Waals surface area contributed by atoms with E-state index in [1.165, 1.54) is 17.0 Å². The average Bonchev–Trinajstić information content (AvgIpc) is 3.14. The van der Waals surface area contributed by atoms with Crippen LogP contribution < -0.4 is 4.90 Å². The fourth-order valence-electron chi connectivity index (χ4n) is 3.12. The van der Waals surface area contributed by atoms with Crippen molar-refractivity contribution in [2.75, 3.05) is 11.4 Å². The van der Waals surface area contributed by atoms with E-state index in [9.17, 15) is 18.3 Å². The first-order valence-corrected chi connectivity index (χ1v) is 8.16. The Balaban J connectivity index is 1.66. The molecule has 3 N–H and O–H groups in total. The van der Waals surface area contributed by atoms with Crippen LogP contribution in [0.1, 0.15) is 17.0 Å². The summed E-state index contributed by atoms with van der Waals surface area (Å²) in [4.78, 5) is 8.95. The largest absolute Gasteiger partial charge is 0.509 e. The van der Waals surface area contributed by atoms with Gasteiger partial charge in [-0.25, -0.2) is 4.98 Å². The first kappa shape index (κ1) is 17.1. The van der Waals surface area contributed by atoms with Gasteiger partial charge in [0.1, 0.15) is 17.4 Å². The van der Waals surface area contributed by atoms with Crippen LogP contribution in [0.25, 0.3) is 16.6 Å². The van der Waals surface area contributed by atoms with Gasteiger partial charge in [0.05, 0.1) is 28.7 Å². The van der Waals surface area contributed by atoms with Crippen molar-refractivity contribution in [3.8, 4) is 0 Å². The summed E-state index contributed by atoms with van der Waals surface area (Å²) in [6, 6.07) is 10.2. The first-order valence-electron chi connectivity index (χ1n) is 8.16. The number of rotatable bonds is 2. The second kappa shape index (κ2) is 5.87. The Labute approximate surface area is 152 Å². The third-order valence-corrected chi connectivity index (χ3v) is 4.48. The molecule has 27 heavy (non-hydrogen) atoms. The van der Waals surface area contributed by atoms with Gasteiger partial charge in [-0.2, -0.15) is 13.2 Å². The average molecular weight is 372 g/mol. The first-order chi connectivity index (χ1) is 12.7. The Hall–Kier alpha value is -3.29. The molecule has 1 aliphatic heterocycles. The van der Waals surface area contributed by atoms with Gasteiger partial charge < -0.3 is 15.0 Å². The summed E-state index contributed by atoms with van der Waals surface area (Å²) in [6.07, 6.45) is -4.42. The second-order valence-corrected chi connectivity index (χ2v) is 6.41. The summed E-state index contributed by atoms with van der Waals surface area (Å²) in [5.74, 6) is 0.270. The Bertz CT molecular complexity index is 1080. The quantitative estimate of drug-likeness (QED) is 0.613. The minimum atomic E-state index is -4.42. The van der Waals surface area contributed by atoms with Gasteiger partial charge in [-0.15, -0.1) is 0 Å². The summed E-state index contributed by atoms with van der Waals surface area (Å²) in [7, 11) is 0. The second-order valence-electron chi connectivity index (χ2n) is 6.41. The lowest BCUT2D eigenvalue weighted by atomic mass is 10.2. The van der Waals surface area contributed by atoms with Crippen molar-refractivity contribution in [3.05, 3.63) is 65.2 Å². The molecule has 0 aliphatic carbocycles. The molecule has 0 spiro atoms. The van der Waals surface area contributed by atoms with E-state index in [0.29, 0.717) is 17.0 Å². The summed E-state index contributed by atoms with van der Waals surface area (Å²) in [5, 5.41) is 18.8. The minimum Gasteiger partial charge on any atom is -0.509 e. The number of hydrogen-bond donors (Lipinski definition) is 3. The van der Waals surface area contributed by atoms with E-state index in [1.807, 2.05) is 25.1 Å². The topological polar surface area (TPSA) is 76.0 Å². The Morgan fingerprint density at radius 1 is 1.15 bits per heavy atom. The summed E-state index contributed by atoms with van der Waals surface area (Å²) >= 11 is 0. The van der Waals surface area contributed by atoms with Crippen molar-refractivity contribution >= 4 is 28.1 Å². The van der Waals surface area contributed by atoms with Crippen LogP contribution in [0.3, 0.4) is 0 Å². The SMILES string of the molecule is Cc1ccc2nc(C3=C(O)CN(c4ccc(C(F)(F)F)cc4)C3=N)[nH]c2c1. The minimum absolute atomic E-state index is 0.00436. The molecule has 0 bridgehead atoms. The van der Waals surface area contributed by atoms with Crippen molar-refractivity contribution < 1.29 is 18.3 Å². The van der Waals surface area contributed by atoms with Gasteiger partial charge in [0.25, 0.3) is 0 Å². The molecule has 0 atom stereocenters. The number of nitrogens with zero attached hydrogens (tertiary/aromatic N) is 2. The van der Waals surface area contributed by atoms with Gasteiger partial charge in [0.2, 0.25) is 0 Å². The maximum atomic E-state index is 12.7. The number of imidazole rings is 1. The normalized spacial score (nSPS) is 15.3. The lowest BCUT2D eigenvalue weighted by Crippen LogP contribution is -2.26. The van der Waals surface area contributed by atoms with Crippen LogP contribution in [0.4, 0.5) is 18.9 Å². The van der Waals surface area contributed by atoms with Crippen molar-refractivity contribution in [2.45, 2.75) is 13.1 Å². The smallest absolute Gasteiger partial charge is 0.416 e. The number of aliphatic hydroxyl groups excluding tert-OH is 1. The van der Waals surface area contributed by atoms with E-state index in [-0.39, 0.29) is 23.7 Å². The molecule has 0 fully saturated rings. The number of hydrogen-bond acceptors (Lipinski definition) is 3. The Morgan fingerprint density at radius 2 is 1.85 bits per heavy atom. The summed E-state index contributed by atoms with van der Waals surface area (Å²) < 4.78 is 38.2. The number of fused-ring (bicyclic) bond motifs is 1. The number of nitrogens with one attached hydrogen (secondary N) is 2. The van der Waals surface area contributed by atoms with Crippen LogP contribution in [0.2, 0.25) is 0 Å². The number of amidine groups is 1. The highest BCUT2D eigenvalue weighted by atomic mass is 19.4. The number of halogens is 3. The molecule has 0 saturated carbocycles. The van der Waals surface area contributed by atoms with E-state index in [2.05, 4.69) is 9.97 Å². The Morgan fingerprint density at radius 3 is 2.52 bits per heavy atom. The maximum absolute atomic E-state index is 12.7. The zero-order valence-corrected chi connectivity index (χ0v) is 14.2. The van der Waals surface area contributed by atoms with E-state index >= 15 is 0 Å². The Kier molecular flexibility index (Phi) is 3.73. The van der Waals surface area contributed by atoms with Crippen LogP contribution in [-0.2, 0) is 6.18 Å². The zero-order valence-electron chi connectivity index (χ0n) is 14.2. The van der Waals surface area contributed by atoms with Crippen molar-refractivity contribution in [1.29, 1.82) is 5.41 Å². The number of aryl methyl sites for hydroxylation is 1. The fourth-order valence-corrected chi connectivity index (χ4v) is 3.12. The van der Waals surface area contributed by atoms with Crippen LogP contribution in [0.5, 0.6) is 0 Å². The van der Waals surface area contributed by atoms with Crippen molar-refractivity contribution in [2.24, 2.45) is 0 Å². The lowest BCUT2D eigenvalue weighted by molar-refractivity contribution is -0.137. The number of alkyl halides is 3. The number of anilines is 1. The molecule has 2 aromatic carbocycles. The predicted molar refractivity (Wildman–Crippen MR) is 96.9 cm³/mol. The van der Waals surface area contributed by atoms with Crippen LogP contribution in [0.15, 0.2) is 48.2 Å². The number of H-pyrrole nitrogens is 1. The molecule has 0 unspecified atom stereocenters. The van der Waals surface area contributed by atoms with E-state index in [0.717, 1.165) is 23.2 Å². The highest BCUT2D eigenvalue weighted by Crippen LogP contribution is 2.34. The number of aromatic amines is 1. The molecular formula is C19H15F3N4O. The number of benzene rings is 2. The number of aromatic nitrogens is 2. The fraction of sp³-hybridized carbons (Fsp3) is 0.158. The van der Waals surface area contributed by atoms with E-state index in [1.54, 1.807) is 0 Å². The molecule has 0 saturated heterocycles. The van der Waals surface area contributed by atoms with Crippen LogP contribution >= 0.6 is 0 Å². The summed E-state index contributed by atoms with van der Waals surface area (Å²) in [5.41, 5.74) is 2.40. The van der Waals surface area contributed by atoms with E-state index in [4.69, 9.17) is 5.41 Å². The predicted octanol–water partition coefficient (Wildman–Crippen LogP) is 4.66. The molecule has 3 aromatic rings. The highest BCUT2D eigenvalue weighted by molar-refractivity contribution is 6.30. The lowest BCUT2D eigenvalue weighted by Gasteiger charge is -2.19. The molecule has 1 aliphatic rings. The molecule has 5 nitrogen and oxygen atoms in total. The van der Waals surface area contributed by atoms with Gasteiger partial charge in [-0.05, 0) is 48.9 Å². The standard InChI is InChI=1S/C19H15F3N4O/c1-10-2-7-13-14(8-10)25-18(24-13)16-15(27)9-26(17(16)23)12-5-3-11(4-6-12)19(20,21)22/h2-8,23,27H,9H2,1H3,(H,24,25). The third kappa shape index (κ3) is 2.92. The molecule has 138 valence electrons.